The van der Waals surface area contributed by atoms with Crippen LogP contribution in [0.4, 0.5) is 5.69 Å². The van der Waals surface area contributed by atoms with Crippen molar-refractivity contribution in [3.63, 3.8) is 0 Å². The number of hydrogen-bond acceptors (Lipinski definition) is 2. The van der Waals surface area contributed by atoms with Crippen molar-refractivity contribution in [3.8, 4) is 0 Å². The molecule has 1 aliphatic rings. The van der Waals surface area contributed by atoms with E-state index < -0.39 is 0 Å². The molecule has 0 aliphatic carbocycles. The van der Waals surface area contributed by atoms with Crippen LogP contribution in [-0.4, -0.2) is 11.8 Å². The largest absolute Gasteiger partial charge is 0.274 e. The lowest BCUT2D eigenvalue weighted by atomic mass is 10.1. The molecule has 22 heavy (non-hydrogen) atoms. The third-order valence-corrected chi connectivity index (χ3v) is 3.79. The first-order valence-corrected chi connectivity index (χ1v) is 7.32. The molecule has 0 bridgehead atoms. The van der Waals surface area contributed by atoms with Crippen LogP contribution in [0.1, 0.15) is 17.5 Å². The number of hydrogen-bond donors (Lipinski definition) is 0. The van der Waals surface area contributed by atoms with Crippen LogP contribution in [0.3, 0.4) is 0 Å². The molecule has 1 heterocycles. The van der Waals surface area contributed by atoms with Gasteiger partial charge in [-0.05, 0) is 36.8 Å². The Morgan fingerprint density at radius 1 is 1.09 bits per heavy atom. The molecule has 4 heteroatoms. The normalized spacial score (nSPS) is 16.6. The Balaban J connectivity index is 1.93. The Hall–Kier alpha value is -2.39. The zero-order chi connectivity index (χ0) is 15.7. The minimum atomic E-state index is -0.284. The number of nitrogens with zero attached hydrogens (tertiary/aromatic N) is 1. The maximum absolute atomic E-state index is 12.5. The summed E-state index contributed by atoms with van der Waals surface area (Å²) in [6.07, 6.45) is 1.88. The number of halogens is 1. The average Bonchev–Trinajstić information content (AvgIpc) is 2.76. The maximum Gasteiger partial charge on any atom is 0.261 e. The van der Waals surface area contributed by atoms with E-state index in [4.69, 9.17) is 11.6 Å². The summed E-state index contributed by atoms with van der Waals surface area (Å²) in [7, 11) is 0. The Bertz CT molecular complexity index is 778. The molecule has 110 valence electrons. The Morgan fingerprint density at radius 2 is 1.82 bits per heavy atom. The molecule has 1 saturated heterocycles. The topological polar surface area (TPSA) is 37.4 Å². The van der Waals surface area contributed by atoms with Crippen molar-refractivity contribution in [2.45, 2.75) is 13.3 Å². The van der Waals surface area contributed by atoms with Crippen molar-refractivity contribution in [3.05, 3.63) is 70.3 Å². The molecule has 2 aromatic rings. The number of aryl methyl sites for hydroxylation is 1. The highest BCUT2D eigenvalue weighted by Crippen LogP contribution is 2.29. The third kappa shape index (κ3) is 2.81. The molecule has 2 aromatic carbocycles. The summed E-state index contributed by atoms with van der Waals surface area (Å²) in [5.74, 6) is -0.515. The number of carbonyl (C=O) groups excluding carboxylic acids is 2. The van der Waals surface area contributed by atoms with Crippen LogP contribution in [0.5, 0.6) is 0 Å². The summed E-state index contributed by atoms with van der Waals surface area (Å²) < 4.78 is 0. The lowest BCUT2D eigenvalue weighted by Gasteiger charge is -2.13. The first kappa shape index (κ1) is 14.5. The molecule has 3 rings (SSSR count). The van der Waals surface area contributed by atoms with Gasteiger partial charge in [-0.2, -0.15) is 0 Å². The van der Waals surface area contributed by atoms with Gasteiger partial charge >= 0.3 is 0 Å². The van der Waals surface area contributed by atoms with Crippen molar-refractivity contribution in [1.82, 2.24) is 0 Å². The lowest BCUT2D eigenvalue weighted by molar-refractivity contribution is -0.120. The van der Waals surface area contributed by atoms with Gasteiger partial charge in [-0.1, -0.05) is 47.5 Å². The zero-order valence-electron chi connectivity index (χ0n) is 12.0. The van der Waals surface area contributed by atoms with Crippen LogP contribution >= 0.6 is 11.6 Å². The van der Waals surface area contributed by atoms with E-state index in [2.05, 4.69) is 0 Å². The summed E-state index contributed by atoms with van der Waals surface area (Å²) in [5.41, 5.74) is 3.06. The van der Waals surface area contributed by atoms with Gasteiger partial charge in [-0.15, -0.1) is 0 Å². The van der Waals surface area contributed by atoms with E-state index in [9.17, 15) is 9.59 Å². The fourth-order valence-corrected chi connectivity index (χ4v) is 2.61. The molecule has 1 fully saturated rings. The fraction of sp³-hybridized carbons (Fsp3) is 0.111. The molecule has 0 aromatic heterocycles. The summed E-state index contributed by atoms with van der Waals surface area (Å²) >= 11 is 5.94. The number of amides is 2. The summed E-state index contributed by atoms with van der Waals surface area (Å²) in [6, 6.07) is 14.6. The van der Waals surface area contributed by atoms with Gasteiger partial charge < -0.3 is 0 Å². The predicted octanol–water partition coefficient (Wildman–Crippen LogP) is 4.00. The van der Waals surface area contributed by atoms with Gasteiger partial charge in [0.25, 0.3) is 5.91 Å². The third-order valence-electron chi connectivity index (χ3n) is 3.55. The average molecular weight is 312 g/mol. The van der Waals surface area contributed by atoms with Crippen molar-refractivity contribution in [2.24, 2.45) is 0 Å². The van der Waals surface area contributed by atoms with Gasteiger partial charge in [0, 0.05) is 10.6 Å². The van der Waals surface area contributed by atoms with E-state index in [0.717, 1.165) is 11.1 Å². The molecule has 2 amide bonds. The lowest BCUT2D eigenvalue weighted by Crippen LogP contribution is -2.28. The van der Waals surface area contributed by atoms with E-state index >= 15 is 0 Å². The molecular formula is C18H14ClNO2. The number of benzene rings is 2. The quantitative estimate of drug-likeness (QED) is 0.621. The SMILES string of the molecule is Cc1ccc(/C=C2\CC(=O)N(c3cccc(Cl)c3)C2=O)cc1. The van der Waals surface area contributed by atoms with Gasteiger partial charge in [-0.3, -0.25) is 9.59 Å². The molecule has 1 aliphatic heterocycles. The van der Waals surface area contributed by atoms with E-state index in [0.29, 0.717) is 16.3 Å². The molecule has 0 radical (unpaired) electrons. The van der Waals surface area contributed by atoms with Crippen LogP contribution in [0.25, 0.3) is 6.08 Å². The second-order valence-corrected chi connectivity index (χ2v) is 5.71. The number of rotatable bonds is 2. The van der Waals surface area contributed by atoms with Gasteiger partial charge in [0.15, 0.2) is 0 Å². The van der Waals surface area contributed by atoms with Crippen molar-refractivity contribution in [1.29, 1.82) is 0 Å². The zero-order valence-corrected chi connectivity index (χ0v) is 12.8. The fourth-order valence-electron chi connectivity index (χ4n) is 2.43. The second-order valence-electron chi connectivity index (χ2n) is 5.27. The number of carbonyl (C=O) groups is 2. The van der Waals surface area contributed by atoms with Gasteiger partial charge in [-0.25, -0.2) is 4.90 Å². The highest BCUT2D eigenvalue weighted by molar-refractivity contribution is 6.32. The predicted molar refractivity (Wildman–Crippen MR) is 87.7 cm³/mol. The van der Waals surface area contributed by atoms with Gasteiger partial charge in [0.2, 0.25) is 5.91 Å². The second kappa shape index (κ2) is 5.78. The Morgan fingerprint density at radius 3 is 2.50 bits per heavy atom. The summed E-state index contributed by atoms with van der Waals surface area (Å²) in [6.45, 7) is 2.00. The first-order chi connectivity index (χ1) is 10.5. The Kier molecular flexibility index (Phi) is 3.82. The van der Waals surface area contributed by atoms with Crippen LogP contribution in [0, 0.1) is 6.92 Å². The molecule has 0 unspecified atom stereocenters. The maximum atomic E-state index is 12.5. The smallest absolute Gasteiger partial charge is 0.261 e. The summed E-state index contributed by atoms with van der Waals surface area (Å²) in [4.78, 5) is 25.9. The Labute approximate surface area is 133 Å². The van der Waals surface area contributed by atoms with E-state index in [1.165, 1.54) is 4.90 Å². The minimum Gasteiger partial charge on any atom is -0.274 e. The van der Waals surface area contributed by atoms with Gasteiger partial charge in [0.1, 0.15) is 0 Å². The van der Waals surface area contributed by atoms with Crippen LogP contribution < -0.4 is 4.90 Å². The van der Waals surface area contributed by atoms with Crippen LogP contribution in [0.15, 0.2) is 54.1 Å². The van der Waals surface area contributed by atoms with Crippen LogP contribution in [-0.2, 0) is 9.59 Å². The van der Waals surface area contributed by atoms with Crippen molar-refractivity contribution in [2.75, 3.05) is 4.90 Å². The van der Waals surface area contributed by atoms with Crippen molar-refractivity contribution >= 4 is 35.2 Å². The van der Waals surface area contributed by atoms with Crippen molar-refractivity contribution < 1.29 is 9.59 Å². The number of anilines is 1. The molecule has 0 spiro atoms. The van der Waals surface area contributed by atoms with E-state index in [-0.39, 0.29) is 18.2 Å². The molecule has 0 N–H and O–H groups in total. The molecule has 0 atom stereocenters. The van der Waals surface area contributed by atoms with Gasteiger partial charge in [0.05, 0.1) is 12.1 Å². The number of imide groups is 1. The highest BCUT2D eigenvalue weighted by Gasteiger charge is 2.34. The van der Waals surface area contributed by atoms with E-state index in [1.807, 2.05) is 31.2 Å². The minimum absolute atomic E-state index is 0.110. The van der Waals surface area contributed by atoms with E-state index in [1.54, 1.807) is 30.3 Å². The monoisotopic (exact) mass is 311 g/mol. The molecule has 3 nitrogen and oxygen atoms in total. The molecule has 0 saturated carbocycles. The van der Waals surface area contributed by atoms with Crippen LogP contribution in [0.2, 0.25) is 5.02 Å². The molecular weight excluding hydrogens is 298 g/mol. The summed E-state index contributed by atoms with van der Waals surface area (Å²) in [5, 5.41) is 0.495. The standard InChI is InChI=1S/C18H14ClNO2/c1-12-5-7-13(8-6-12)9-14-10-17(21)20(18(14)22)16-4-2-3-15(19)11-16/h2-9,11H,10H2,1H3/b14-9+. The first-order valence-electron chi connectivity index (χ1n) is 6.95. The highest BCUT2D eigenvalue weighted by atomic mass is 35.5.